The fourth-order valence-electron chi connectivity index (χ4n) is 3.79. The SMILES string of the molecule is COCCNC(=O)[C@H](NC(=O)c1cccc(C)c1)C1CCN(C(=O)c2ccco2)CC1. The Balaban J connectivity index is 1.67. The minimum absolute atomic E-state index is 0.0862. The van der Waals surface area contributed by atoms with Gasteiger partial charge in [-0.2, -0.15) is 0 Å². The third kappa shape index (κ3) is 5.95. The maximum atomic E-state index is 12.9. The van der Waals surface area contributed by atoms with Gasteiger partial charge in [0.15, 0.2) is 5.76 Å². The van der Waals surface area contributed by atoms with E-state index in [-0.39, 0.29) is 23.6 Å². The first-order valence-electron chi connectivity index (χ1n) is 10.5. The van der Waals surface area contributed by atoms with Gasteiger partial charge in [0, 0.05) is 32.3 Å². The monoisotopic (exact) mass is 427 g/mol. The Hall–Kier alpha value is -3.13. The molecule has 0 radical (unpaired) electrons. The molecule has 1 saturated heterocycles. The second-order valence-corrected chi connectivity index (χ2v) is 7.71. The molecule has 0 unspecified atom stereocenters. The van der Waals surface area contributed by atoms with Crippen LogP contribution in [0.1, 0.15) is 39.3 Å². The highest BCUT2D eigenvalue weighted by atomic mass is 16.5. The summed E-state index contributed by atoms with van der Waals surface area (Å²) in [5.74, 6) is -0.469. The molecule has 0 saturated carbocycles. The van der Waals surface area contributed by atoms with E-state index in [2.05, 4.69) is 10.6 Å². The van der Waals surface area contributed by atoms with Gasteiger partial charge in [0.2, 0.25) is 5.91 Å². The Morgan fingerprint density at radius 2 is 1.97 bits per heavy atom. The average Bonchev–Trinajstić information content (AvgIpc) is 3.32. The fourth-order valence-corrected chi connectivity index (χ4v) is 3.79. The number of aryl methyl sites for hydroxylation is 1. The molecule has 2 heterocycles. The van der Waals surface area contributed by atoms with E-state index >= 15 is 0 Å². The number of ether oxygens (including phenoxy) is 1. The summed E-state index contributed by atoms with van der Waals surface area (Å²) in [5.41, 5.74) is 1.48. The number of carbonyl (C=O) groups excluding carboxylic acids is 3. The number of hydrogen-bond donors (Lipinski definition) is 2. The van der Waals surface area contributed by atoms with Crippen molar-refractivity contribution in [3.8, 4) is 0 Å². The average molecular weight is 428 g/mol. The standard InChI is InChI=1S/C23H29N3O5/c1-16-5-3-6-18(15-16)21(27)25-20(22(28)24-10-14-30-2)17-8-11-26(12-9-17)23(29)19-7-4-13-31-19/h3-7,13,15,17,20H,8-12,14H2,1-2H3,(H,24,28)(H,25,27)/t20-/m1/s1. The Morgan fingerprint density at radius 1 is 1.19 bits per heavy atom. The van der Waals surface area contributed by atoms with E-state index in [0.717, 1.165) is 5.56 Å². The van der Waals surface area contributed by atoms with Crippen LogP contribution in [0, 0.1) is 12.8 Å². The van der Waals surface area contributed by atoms with Crippen molar-refractivity contribution in [1.82, 2.24) is 15.5 Å². The van der Waals surface area contributed by atoms with Gasteiger partial charge in [-0.05, 0) is 49.9 Å². The van der Waals surface area contributed by atoms with Crippen molar-refractivity contribution in [2.24, 2.45) is 5.92 Å². The summed E-state index contributed by atoms with van der Waals surface area (Å²) in [6, 6.07) is 9.88. The summed E-state index contributed by atoms with van der Waals surface area (Å²) in [5, 5.41) is 5.75. The van der Waals surface area contributed by atoms with E-state index in [1.54, 1.807) is 36.3 Å². The Morgan fingerprint density at radius 3 is 2.61 bits per heavy atom. The molecule has 1 aliphatic heterocycles. The van der Waals surface area contributed by atoms with Crippen molar-refractivity contribution >= 4 is 17.7 Å². The van der Waals surface area contributed by atoms with Gasteiger partial charge in [-0.15, -0.1) is 0 Å². The van der Waals surface area contributed by atoms with Crippen LogP contribution in [-0.2, 0) is 9.53 Å². The molecule has 1 aromatic carbocycles. The topological polar surface area (TPSA) is 101 Å². The number of amides is 3. The largest absolute Gasteiger partial charge is 0.459 e. The molecule has 2 aromatic rings. The third-order valence-electron chi connectivity index (χ3n) is 5.48. The van der Waals surface area contributed by atoms with Gasteiger partial charge in [-0.1, -0.05) is 17.7 Å². The molecule has 31 heavy (non-hydrogen) atoms. The lowest BCUT2D eigenvalue weighted by atomic mass is 9.88. The van der Waals surface area contributed by atoms with Crippen LogP contribution in [0.3, 0.4) is 0 Å². The number of nitrogens with one attached hydrogen (secondary N) is 2. The summed E-state index contributed by atoms with van der Waals surface area (Å²) in [6.45, 7) is 3.65. The van der Waals surface area contributed by atoms with E-state index in [1.165, 1.54) is 6.26 Å². The number of rotatable bonds is 8. The van der Waals surface area contributed by atoms with Crippen molar-refractivity contribution in [2.75, 3.05) is 33.4 Å². The lowest BCUT2D eigenvalue weighted by Gasteiger charge is -2.35. The third-order valence-corrected chi connectivity index (χ3v) is 5.48. The minimum Gasteiger partial charge on any atom is -0.459 e. The number of likely N-dealkylation sites (tertiary alicyclic amines) is 1. The number of carbonyl (C=O) groups is 3. The normalized spacial score (nSPS) is 15.4. The number of nitrogens with zero attached hydrogens (tertiary/aromatic N) is 1. The zero-order valence-corrected chi connectivity index (χ0v) is 17.9. The summed E-state index contributed by atoms with van der Waals surface area (Å²) < 4.78 is 10.2. The summed E-state index contributed by atoms with van der Waals surface area (Å²) >= 11 is 0. The molecule has 1 fully saturated rings. The number of benzene rings is 1. The lowest BCUT2D eigenvalue weighted by molar-refractivity contribution is -0.124. The van der Waals surface area contributed by atoms with E-state index < -0.39 is 6.04 Å². The van der Waals surface area contributed by atoms with Gasteiger partial charge in [0.25, 0.3) is 11.8 Å². The van der Waals surface area contributed by atoms with Crippen LogP contribution >= 0.6 is 0 Å². The first-order valence-corrected chi connectivity index (χ1v) is 10.5. The Bertz CT molecular complexity index is 888. The number of hydrogen-bond acceptors (Lipinski definition) is 5. The molecule has 0 aliphatic carbocycles. The number of methoxy groups -OCH3 is 1. The fraction of sp³-hybridized carbons (Fsp3) is 0.435. The highest BCUT2D eigenvalue weighted by molar-refractivity contribution is 5.97. The van der Waals surface area contributed by atoms with Crippen LogP contribution in [-0.4, -0.2) is 62.0 Å². The summed E-state index contributed by atoms with van der Waals surface area (Å²) in [6.07, 6.45) is 2.67. The molecule has 3 rings (SSSR count). The van der Waals surface area contributed by atoms with Crippen molar-refractivity contribution in [3.05, 3.63) is 59.5 Å². The molecule has 0 spiro atoms. The second-order valence-electron chi connectivity index (χ2n) is 7.71. The molecule has 1 aromatic heterocycles. The maximum Gasteiger partial charge on any atom is 0.289 e. The zero-order valence-electron chi connectivity index (χ0n) is 17.9. The number of furan rings is 1. The van der Waals surface area contributed by atoms with Crippen molar-refractivity contribution in [2.45, 2.75) is 25.8 Å². The van der Waals surface area contributed by atoms with Gasteiger partial charge < -0.3 is 24.7 Å². The van der Waals surface area contributed by atoms with Crippen LogP contribution in [0.5, 0.6) is 0 Å². The predicted molar refractivity (Wildman–Crippen MR) is 115 cm³/mol. The van der Waals surface area contributed by atoms with Gasteiger partial charge in [0.1, 0.15) is 6.04 Å². The molecule has 1 atom stereocenters. The zero-order chi connectivity index (χ0) is 22.2. The molecular formula is C23H29N3O5. The van der Waals surface area contributed by atoms with Crippen LogP contribution in [0.2, 0.25) is 0 Å². The molecule has 8 nitrogen and oxygen atoms in total. The number of piperidine rings is 1. The smallest absolute Gasteiger partial charge is 0.289 e. The molecule has 0 bridgehead atoms. The lowest BCUT2D eigenvalue weighted by Crippen LogP contribution is -2.54. The van der Waals surface area contributed by atoms with Crippen LogP contribution in [0.15, 0.2) is 47.1 Å². The minimum atomic E-state index is -0.689. The predicted octanol–water partition coefficient (Wildman–Crippen LogP) is 2.00. The molecule has 166 valence electrons. The first kappa shape index (κ1) is 22.6. The van der Waals surface area contributed by atoms with Crippen molar-refractivity contribution in [1.29, 1.82) is 0 Å². The highest BCUT2D eigenvalue weighted by Gasteiger charge is 2.34. The summed E-state index contributed by atoms with van der Waals surface area (Å²) in [4.78, 5) is 39.9. The molecule has 8 heteroatoms. The van der Waals surface area contributed by atoms with Gasteiger partial charge in [0.05, 0.1) is 12.9 Å². The van der Waals surface area contributed by atoms with Gasteiger partial charge in [-0.25, -0.2) is 0 Å². The van der Waals surface area contributed by atoms with Crippen molar-refractivity contribution in [3.63, 3.8) is 0 Å². The Kier molecular flexibility index (Phi) is 7.83. The van der Waals surface area contributed by atoms with Gasteiger partial charge in [-0.3, -0.25) is 14.4 Å². The van der Waals surface area contributed by atoms with E-state index in [9.17, 15) is 14.4 Å². The highest BCUT2D eigenvalue weighted by Crippen LogP contribution is 2.23. The molecule has 3 amide bonds. The molecular weight excluding hydrogens is 398 g/mol. The molecule has 1 aliphatic rings. The van der Waals surface area contributed by atoms with Crippen molar-refractivity contribution < 1.29 is 23.5 Å². The van der Waals surface area contributed by atoms with E-state index in [4.69, 9.17) is 9.15 Å². The first-order chi connectivity index (χ1) is 15.0. The van der Waals surface area contributed by atoms with Gasteiger partial charge >= 0.3 is 0 Å². The second kappa shape index (κ2) is 10.8. The van der Waals surface area contributed by atoms with E-state index in [0.29, 0.717) is 50.4 Å². The maximum absolute atomic E-state index is 12.9. The van der Waals surface area contributed by atoms with Crippen LogP contribution < -0.4 is 10.6 Å². The summed E-state index contributed by atoms with van der Waals surface area (Å²) in [7, 11) is 1.56. The Labute approximate surface area is 181 Å². The molecule has 2 N–H and O–H groups in total. The quantitative estimate of drug-likeness (QED) is 0.628. The van der Waals surface area contributed by atoms with Crippen LogP contribution in [0.25, 0.3) is 0 Å². The van der Waals surface area contributed by atoms with Crippen LogP contribution in [0.4, 0.5) is 0 Å². The van der Waals surface area contributed by atoms with E-state index in [1.807, 2.05) is 19.1 Å².